The van der Waals surface area contributed by atoms with Gasteiger partial charge in [0.1, 0.15) is 17.1 Å². The highest BCUT2D eigenvalue weighted by atomic mass is 35.5. The summed E-state index contributed by atoms with van der Waals surface area (Å²) in [5.41, 5.74) is 1.12. The van der Waals surface area contributed by atoms with Gasteiger partial charge in [0.15, 0.2) is 0 Å². The summed E-state index contributed by atoms with van der Waals surface area (Å²) >= 11 is 6.60. The molecule has 0 aliphatic carbocycles. The first-order chi connectivity index (χ1) is 16.9. The van der Waals surface area contributed by atoms with Crippen molar-refractivity contribution < 1.29 is 14.3 Å². The van der Waals surface area contributed by atoms with Crippen LogP contribution in [-0.2, 0) is 11.3 Å². The molecule has 0 unspecified atom stereocenters. The lowest BCUT2D eigenvalue weighted by molar-refractivity contribution is -0.130. The van der Waals surface area contributed by atoms with Gasteiger partial charge in [-0.1, -0.05) is 18.2 Å². The molecule has 2 aromatic heterocycles. The molecule has 11 heteroatoms. The van der Waals surface area contributed by atoms with Crippen molar-refractivity contribution in [3.8, 4) is 22.6 Å². The molecule has 0 saturated carbocycles. The van der Waals surface area contributed by atoms with E-state index in [4.69, 9.17) is 21.1 Å². The average molecular weight is 499 g/mol. The summed E-state index contributed by atoms with van der Waals surface area (Å²) in [6, 6.07) is 5.25. The highest BCUT2D eigenvalue weighted by molar-refractivity contribution is 6.35. The maximum atomic E-state index is 13.7. The van der Waals surface area contributed by atoms with Gasteiger partial charge in [0.25, 0.3) is 5.56 Å². The lowest BCUT2D eigenvalue weighted by Crippen LogP contribution is -2.59. The van der Waals surface area contributed by atoms with Crippen molar-refractivity contribution in [3.63, 3.8) is 0 Å². The number of methoxy groups -OCH3 is 2. The van der Waals surface area contributed by atoms with Crippen molar-refractivity contribution in [1.29, 1.82) is 0 Å². The number of anilines is 1. The molecule has 1 aliphatic heterocycles. The fraction of sp³-hybridized carbons (Fsp3) is 0.333. The number of rotatable bonds is 9. The maximum Gasteiger partial charge on any atom is 0.260 e. The van der Waals surface area contributed by atoms with Gasteiger partial charge in [-0.15, -0.1) is 0 Å². The quantitative estimate of drug-likeness (QED) is 0.432. The van der Waals surface area contributed by atoms with Gasteiger partial charge in [-0.3, -0.25) is 14.2 Å². The first-order valence-corrected chi connectivity index (χ1v) is 11.4. The molecular formula is C24H27ClN6O4. The van der Waals surface area contributed by atoms with Crippen molar-refractivity contribution in [3.05, 3.63) is 52.4 Å². The predicted molar refractivity (Wildman–Crippen MR) is 135 cm³/mol. The van der Waals surface area contributed by atoms with Gasteiger partial charge in [0, 0.05) is 68.0 Å². The van der Waals surface area contributed by atoms with Crippen LogP contribution < -0.4 is 25.7 Å². The molecule has 3 aromatic rings. The van der Waals surface area contributed by atoms with E-state index in [1.54, 1.807) is 40.9 Å². The van der Waals surface area contributed by atoms with Gasteiger partial charge in [-0.05, 0) is 18.2 Å². The van der Waals surface area contributed by atoms with Gasteiger partial charge >= 0.3 is 0 Å². The minimum absolute atomic E-state index is 0.0835. The summed E-state index contributed by atoms with van der Waals surface area (Å²) < 4.78 is 12.4. The Morgan fingerprint density at radius 2 is 2.03 bits per heavy atom. The molecular weight excluding hydrogens is 472 g/mol. The van der Waals surface area contributed by atoms with Crippen LogP contribution in [0.1, 0.15) is 0 Å². The van der Waals surface area contributed by atoms with Crippen LogP contribution in [-0.4, -0.2) is 72.3 Å². The molecule has 1 amide bonds. The van der Waals surface area contributed by atoms with E-state index in [9.17, 15) is 9.59 Å². The second-order valence-electron chi connectivity index (χ2n) is 8.03. The molecule has 184 valence electrons. The number of pyridine rings is 1. The second-order valence-corrected chi connectivity index (χ2v) is 8.40. The fourth-order valence-electron chi connectivity index (χ4n) is 4.01. The Hall–Kier alpha value is -3.63. The predicted octanol–water partition coefficient (Wildman–Crippen LogP) is 2.16. The molecule has 10 nitrogen and oxygen atoms in total. The van der Waals surface area contributed by atoms with Crippen molar-refractivity contribution in [1.82, 2.24) is 24.8 Å². The molecule has 2 N–H and O–H groups in total. The molecule has 1 fully saturated rings. The zero-order valence-electron chi connectivity index (χ0n) is 19.8. The smallest absolute Gasteiger partial charge is 0.260 e. The lowest BCUT2D eigenvalue weighted by Gasteiger charge is -2.39. The van der Waals surface area contributed by atoms with E-state index < -0.39 is 0 Å². The van der Waals surface area contributed by atoms with Crippen LogP contribution in [0, 0.1) is 0 Å². The number of halogens is 1. The van der Waals surface area contributed by atoms with Crippen LogP contribution >= 0.6 is 11.6 Å². The molecule has 1 saturated heterocycles. The zero-order valence-corrected chi connectivity index (χ0v) is 20.6. The summed E-state index contributed by atoms with van der Waals surface area (Å²) in [6.45, 7) is 5.58. The monoisotopic (exact) mass is 498 g/mol. The molecule has 0 atom stereocenters. The van der Waals surface area contributed by atoms with Gasteiger partial charge in [-0.2, -0.15) is 4.98 Å². The molecule has 35 heavy (non-hydrogen) atoms. The third-order valence-electron chi connectivity index (χ3n) is 5.95. The van der Waals surface area contributed by atoms with E-state index in [0.29, 0.717) is 70.8 Å². The molecule has 0 spiro atoms. The number of hydrogen-bond donors (Lipinski definition) is 2. The van der Waals surface area contributed by atoms with Crippen LogP contribution in [0.15, 0.2) is 41.8 Å². The third-order valence-corrected chi connectivity index (χ3v) is 6.34. The summed E-state index contributed by atoms with van der Waals surface area (Å²) in [5.74, 6) is 1.24. The Morgan fingerprint density at radius 3 is 2.69 bits per heavy atom. The highest BCUT2D eigenvalue weighted by Crippen LogP contribution is 2.38. The molecule has 3 heterocycles. The SMILES string of the molecule is C=CC(=O)N1CC(NCCn2c(=O)c(-c3cc(OC)cc(OC)c3Cl)cc3cnc(NC)nc32)C1. The zero-order chi connectivity index (χ0) is 25.1. The number of carbonyl (C=O) groups excluding carboxylic acids is 1. The van der Waals surface area contributed by atoms with Crippen molar-refractivity contribution in [2.45, 2.75) is 12.6 Å². The van der Waals surface area contributed by atoms with E-state index in [-0.39, 0.29) is 17.5 Å². The standard InChI is InChI=1S/C24H27ClN6O4/c1-5-20(32)30-12-15(13-30)27-6-7-31-22-14(11-28-24(26-2)29-22)8-18(23(31)33)17-9-16(34-3)10-19(35-4)21(17)25/h5,8-11,15,27H,1,6-7,12-13H2,2-4H3,(H,26,28,29). The van der Waals surface area contributed by atoms with Crippen LogP contribution in [0.2, 0.25) is 5.02 Å². The molecule has 0 bridgehead atoms. The fourth-order valence-corrected chi connectivity index (χ4v) is 4.30. The summed E-state index contributed by atoms with van der Waals surface area (Å²) in [5, 5.41) is 7.30. The van der Waals surface area contributed by atoms with Gasteiger partial charge in [0.05, 0.1) is 19.2 Å². The number of fused-ring (bicyclic) bond motifs is 1. The van der Waals surface area contributed by atoms with E-state index in [1.165, 1.54) is 20.3 Å². The van der Waals surface area contributed by atoms with Crippen molar-refractivity contribution in [2.75, 3.05) is 46.2 Å². The van der Waals surface area contributed by atoms with E-state index >= 15 is 0 Å². The molecule has 1 aromatic carbocycles. The Balaban J connectivity index is 1.71. The topological polar surface area (TPSA) is 111 Å². The molecule has 1 aliphatic rings. The number of carbonyl (C=O) groups is 1. The Labute approximate surface area is 207 Å². The number of nitrogens with one attached hydrogen (secondary N) is 2. The Bertz CT molecular complexity index is 1340. The van der Waals surface area contributed by atoms with Crippen LogP contribution in [0.4, 0.5) is 5.95 Å². The van der Waals surface area contributed by atoms with Gasteiger partial charge < -0.3 is 25.0 Å². The normalized spacial score (nSPS) is 13.4. The Morgan fingerprint density at radius 1 is 1.26 bits per heavy atom. The van der Waals surface area contributed by atoms with Gasteiger partial charge in [-0.25, -0.2) is 4.98 Å². The number of ether oxygens (including phenoxy) is 2. The largest absolute Gasteiger partial charge is 0.497 e. The number of benzene rings is 1. The van der Waals surface area contributed by atoms with E-state index in [2.05, 4.69) is 27.2 Å². The minimum atomic E-state index is -0.255. The van der Waals surface area contributed by atoms with Crippen LogP contribution in [0.3, 0.4) is 0 Å². The second kappa shape index (κ2) is 10.3. The van der Waals surface area contributed by atoms with Crippen molar-refractivity contribution in [2.24, 2.45) is 0 Å². The van der Waals surface area contributed by atoms with E-state index in [0.717, 1.165) is 0 Å². The number of aromatic nitrogens is 3. The number of hydrogen-bond acceptors (Lipinski definition) is 8. The van der Waals surface area contributed by atoms with Crippen molar-refractivity contribution >= 4 is 34.5 Å². The molecule has 4 rings (SSSR count). The van der Waals surface area contributed by atoms with Gasteiger partial charge in [0.2, 0.25) is 11.9 Å². The third kappa shape index (κ3) is 4.80. The summed E-state index contributed by atoms with van der Waals surface area (Å²) in [7, 11) is 4.76. The van der Waals surface area contributed by atoms with E-state index in [1.807, 2.05) is 0 Å². The highest BCUT2D eigenvalue weighted by Gasteiger charge is 2.28. The maximum absolute atomic E-state index is 13.7. The lowest BCUT2D eigenvalue weighted by atomic mass is 10.0. The number of amides is 1. The van der Waals surface area contributed by atoms with Crippen LogP contribution in [0.5, 0.6) is 11.5 Å². The number of nitrogens with zero attached hydrogens (tertiary/aromatic N) is 4. The first-order valence-electron chi connectivity index (χ1n) is 11.0. The Kier molecular flexibility index (Phi) is 7.23. The first kappa shape index (κ1) is 24.5. The molecule has 0 radical (unpaired) electrons. The summed E-state index contributed by atoms with van der Waals surface area (Å²) in [6.07, 6.45) is 2.97. The minimum Gasteiger partial charge on any atom is -0.497 e. The summed E-state index contributed by atoms with van der Waals surface area (Å²) in [4.78, 5) is 35.9. The number of likely N-dealkylation sites (tertiary alicyclic amines) is 1. The average Bonchev–Trinajstić information content (AvgIpc) is 2.85. The van der Waals surface area contributed by atoms with Crippen LogP contribution in [0.25, 0.3) is 22.2 Å².